The van der Waals surface area contributed by atoms with E-state index in [9.17, 15) is 8.42 Å². The molecule has 0 aromatic heterocycles. The van der Waals surface area contributed by atoms with Gasteiger partial charge in [0.25, 0.3) is 0 Å². The first-order valence-corrected chi connectivity index (χ1v) is 7.67. The highest BCUT2D eigenvalue weighted by Crippen LogP contribution is 2.15. The fourth-order valence-electron chi connectivity index (χ4n) is 1.50. The lowest BCUT2D eigenvalue weighted by Gasteiger charge is -2.31. The molecule has 5 heteroatoms. The van der Waals surface area contributed by atoms with Crippen molar-refractivity contribution < 1.29 is 8.42 Å². The molecule has 98 valence electrons. The third-order valence-corrected chi connectivity index (χ3v) is 4.60. The SMILES string of the molecule is CCC(CC)(CN)NS(=O)(=O)CCC(C)C. The second-order valence-corrected chi connectivity index (χ2v) is 6.64. The molecule has 0 aliphatic carbocycles. The lowest BCUT2D eigenvalue weighted by atomic mass is 9.95. The lowest BCUT2D eigenvalue weighted by molar-refractivity contribution is 0.362. The standard InChI is InChI=1S/C11H26N2O2S/c1-5-11(6-2,9-12)13-16(14,15)8-7-10(3)4/h10,13H,5-9,12H2,1-4H3. The van der Waals surface area contributed by atoms with Crippen LogP contribution < -0.4 is 10.5 Å². The zero-order valence-corrected chi connectivity index (χ0v) is 11.7. The van der Waals surface area contributed by atoms with Crippen LogP contribution in [0.5, 0.6) is 0 Å². The summed E-state index contributed by atoms with van der Waals surface area (Å²) in [6.45, 7) is 8.31. The van der Waals surface area contributed by atoms with Crippen LogP contribution in [0.2, 0.25) is 0 Å². The van der Waals surface area contributed by atoms with E-state index in [1.54, 1.807) is 0 Å². The van der Waals surface area contributed by atoms with Gasteiger partial charge in [0.15, 0.2) is 0 Å². The Morgan fingerprint density at radius 2 is 1.75 bits per heavy atom. The van der Waals surface area contributed by atoms with E-state index < -0.39 is 15.6 Å². The number of nitrogens with one attached hydrogen (secondary N) is 1. The van der Waals surface area contributed by atoms with E-state index in [1.807, 2.05) is 27.7 Å². The summed E-state index contributed by atoms with van der Waals surface area (Å²) in [6, 6.07) is 0. The van der Waals surface area contributed by atoms with Gasteiger partial charge in [0, 0.05) is 12.1 Å². The zero-order chi connectivity index (χ0) is 12.8. The predicted molar refractivity (Wildman–Crippen MR) is 68.7 cm³/mol. The Balaban J connectivity index is 4.54. The van der Waals surface area contributed by atoms with Crippen molar-refractivity contribution in [3.63, 3.8) is 0 Å². The Morgan fingerprint density at radius 1 is 1.25 bits per heavy atom. The van der Waals surface area contributed by atoms with Crippen molar-refractivity contribution in [2.45, 2.75) is 52.5 Å². The summed E-state index contributed by atoms with van der Waals surface area (Å²) in [5, 5.41) is 0. The van der Waals surface area contributed by atoms with Gasteiger partial charge >= 0.3 is 0 Å². The van der Waals surface area contributed by atoms with Crippen LogP contribution in [0.4, 0.5) is 0 Å². The van der Waals surface area contributed by atoms with Gasteiger partial charge in [-0.15, -0.1) is 0 Å². The molecule has 0 fully saturated rings. The minimum Gasteiger partial charge on any atom is -0.329 e. The van der Waals surface area contributed by atoms with E-state index in [1.165, 1.54) is 0 Å². The maximum atomic E-state index is 11.9. The lowest BCUT2D eigenvalue weighted by Crippen LogP contribution is -2.53. The molecule has 3 N–H and O–H groups in total. The van der Waals surface area contributed by atoms with Gasteiger partial charge < -0.3 is 5.73 Å². The summed E-state index contributed by atoms with van der Waals surface area (Å²) in [5.41, 5.74) is 5.20. The molecule has 0 heterocycles. The molecular weight excluding hydrogens is 224 g/mol. The Labute approximate surface area is 100 Å². The predicted octanol–water partition coefficient (Wildman–Crippen LogP) is 1.47. The van der Waals surface area contributed by atoms with Gasteiger partial charge in [-0.05, 0) is 25.2 Å². The van der Waals surface area contributed by atoms with Crippen molar-refractivity contribution in [2.75, 3.05) is 12.3 Å². The van der Waals surface area contributed by atoms with Crippen molar-refractivity contribution in [2.24, 2.45) is 11.7 Å². The molecule has 0 aromatic rings. The summed E-state index contributed by atoms with van der Waals surface area (Å²) in [6.07, 6.45) is 2.13. The van der Waals surface area contributed by atoms with E-state index in [0.717, 1.165) is 12.8 Å². The number of rotatable bonds is 8. The minimum absolute atomic E-state index is 0.187. The molecule has 0 aromatic carbocycles. The Bertz CT molecular complexity index is 274. The van der Waals surface area contributed by atoms with Gasteiger partial charge in [-0.3, -0.25) is 0 Å². The van der Waals surface area contributed by atoms with Gasteiger partial charge in [0.1, 0.15) is 0 Å². The van der Waals surface area contributed by atoms with E-state index in [-0.39, 0.29) is 5.75 Å². The number of nitrogens with two attached hydrogens (primary N) is 1. The average molecular weight is 250 g/mol. The van der Waals surface area contributed by atoms with Crippen molar-refractivity contribution in [1.29, 1.82) is 0 Å². The Morgan fingerprint density at radius 3 is 2.06 bits per heavy atom. The van der Waals surface area contributed by atoms with Gasteiger partial charge in [-0.1, -0.05) is 27.7 Å². The zero-order valence-electron chi connectivity index (χ0n) is 10.9. The molecule has 0 rings (SSSR count). The maximum absolute atomic E-state index is 11.9. The van der Waals surface area contributed by atoms with Crippen LogP contribution in [0, 0.1) is 5.92 Å². The van der Waals surface area contributed by atoms with Crippen molar-refractivity contribution in [3.8, 4) is 0 Å². The van der Waals surface area contributed by atoms with Crippen LogP contribution >= 0.6 is 0 Å². The fourth-order valence-corrected chi connectivity index (χ4v) is 3.41. The van der Waals surface area contributed by atoms with Crippen LogP contribution in [0.1, 0.15) is 47.0 Å². The van der Waals surface area contributed by atoms with E-state index in [4.69, 9.17) is 5.73 Å². The summed E-state index contributed by atoms with van der Waals surface area (Å²) in [7, 11) is -3.20. The summed E-state index contributed by atoms with van der Waals surface area (Å²) in [4.78, 5) is 0. The highest BCUT2D eigenvalue weighted by molar-refractivity contribution is 7.89. The number of hydrogen-bond donors (Lipinski definition) is 2. The third kappa shape index (κ3) is 5.27. The Kier molecular flexibility index (Phi) is 6.51. The number of hydrogen-bond acceptors (Lipinski definition) is 3. The number of sulfonamides is 1. The van der Waals surface area contributed by atoms with Gasteiger partial charge in [0.2, 0.25) is 10.0 Å². The molecule has 0 spiro atoms. The molecule has 4 nitrogen and oxygen atoms in total. The van der Waals surface area contributed by atoms with Crippen LogP contribution in [0.15, 0.2) is 0 Å². The van der Waals surface area contributed by atoms with Gasteiger partial charge in [-0.2, -0.15) is 0 Å². The smallest absolute Gasteiger partial charge is 0.212 e. The molecule has 16 heavy (non-hydrogen) atoms. The van der Waals surface area contributed by atoms with Crippen LogP contribution in [0.25, 0.3) is 0 Å². The van der Waals surface area contributed by atoms with Crippen molar-refractivity contribution >= 4 is 10.0 Å². The molecular formula is C11H26N2O2S. The summed E-state index contributed by atoms with van der Waals surface area (Å²) < 4.78 is 26.5. The molecule has 0 saturated heterocycles. The van der Waals surface area contributed by atoms with Crippen molar-refractivity contribution in [3.05, 3.63) is 0 Å². The van der Waals surface area contributed by atoms with Gasteiger partial charge in [0.05, 0.1) is 5.75 Å². The highest BCUT2D eigenvalue weighted by Gasteiger charge is 2.29. The minimum atomic E-state index is -3.20. The van der Waals surface area contributed by atoms with Crippen LogP contribution in [-0.4, -0.2) is 26.3 Å². The van der Waals surface area contributed by atoms with Crippen molar-refractivity contribution in [1.82, 2.24) is 4.72 Å². The Hall–Kier alpha value is -0.130. The second-order valence-electron chi connectivity index (χ2n) is 4.80. The maximum Gasteiger partial charge on any atom is 0.212 e. The van der Waals surface area contributed by atoms with E-state index in [0.29, 0.717) is 18.9 Å². The molecule has 0 aliphatic rings. The first-order valence-electron chi connectivity index (χ1n) is 6.02. The molecule has 0 bridgehead atoms. The average Bonchev–Trinajstić information content (AvgIpc) is 2.24. The van der Waals surface area contributed by atoms with Crippen LogP contribution in [-0.2, 0) is 10.0 Å². The highest BCUT2D eigenvalue weighted by atomic mass is 32.2. The first kappa shape index (κ1) is 15.9. The largest absolute Gasteiger partial charge is 0.329 e. The summed E-state index contributed by atoms with van der Waals surface area (Å²) in [5.74, 6) is 0.582. The monoisotopic (exact) mass is 250 g/mol. The topological polar surface area (TPSA) is 72.2 Å². The molecule has 0 radical (unpaired) electrons. The van der Waals surface area contributed by atoms with Gasteiger partial charge in [-0.25, -0.2) is 13.1 Å². The van der Waals surface area contributed by atoms with Crippen LogP contribution in [0.3, 0.4) is 0 Å². The second kappa shape index (κ2) is 6.57. The molecule has 0 unspecified atom stereocenters. The van der Waals surface area contributed by atoms with E-state index in [2.05, 4.69) is 4.72 Å². The quantitative estimate of drug-likeness (QED) is 0.685. The summed E-state index contributed by atoms with van der Waals surface area (Å²) >= 11 is 0. The first-order chi connectivity index (χ1) is 7.31. The molecule has 0 aliphatic heterocycles. The molecule has 0 amide bonds. The third-order valence-electron chi connectivity index (χ3n) is 3.08. The molecule has 0 saturated carbocycles. The van der Waals surface area contributed by atoms with E-state index >= 15 is 0 Å². The fraction of sp³-hybridized carbons (Fsp3) is 1.00. The molecule has 0 atom stereocenters. The normalized spacial score (nSPS) is 13.4.